The molecule has 3 heterocycles. The van der Waals surface area contributed by atoms with Crippen molar-refractivity contribution in [1.82, 2.24) is 15.0 Å². The van der Waals surface area contributed by atoms with Gasteiger partial charge in [-0.1, -0.05) is 64.0 Å². The number of unbranched alkanes of at least 4 members (excludes halogenated alkanes) is 7. The summed E-state index contributed by atoms with van der Waals surface area (Å²) in [5, 5.41) is 0. The third-order valence-electron chi connectivity index (χ3n) is 6.23. The smallest absolute Gasteiger partial charge is 0.119 e. The SMILES string of the molecule is CCCCCCCCCCOc1ccc(-c2cc(-c3ccncc3)nc(-c3ccncc3)c2)cc1. The Hall–Kier alpha value is -3.53. The largest absolute Gasteiger partial charge is 0.494 e. The zero-order chi connectivity index (χ0) is 24.1. The van der Waals surface area contributed by atoms with Crippen LogP contribution in [0.25, 0.3) is 33.6 Å². The zero-order valence-corrected chi connectivity index (χ0v) is 20.7. The number of aromatic nitrogens is 3. The van der Waals surface area contributed by atoms with Crippen LogP contribution < -0.4 is 4.74 Å². The Bertz CT molecular complexity index is 1090. The van der Waals surface area contributed by atoms with Gasteiger partial charge in [-0.2, -0.15) is 0 Å². The van der Waals surface area contributed by atoms with E-state index in [0.717, 1.165) is 52.4 Å². The minimum atomic E-state index is 0.780. The Morgan fingerprint density at radius 1 is 0.543 bits per heavy atom. The van der Waals surface area contributed by atoms with E-state index < -0.39 is 0 Å². The van der Waals surface area contributed by atoms with E-state index in [9.17, 15) is 0 Å². The molecule has 35 heavy (non-hydrogen) atoms. The van der Waals surface area contributed by atoms with Crippen LogP contribution in [0.2, 0.25) is 0 Å². The van der Waals surface area contributed by atoms with Gasteiger partial charge in [0.2, 0.25) is 0 Å². The average molecular weight is 466 g/mol. The van der Waals surface area contributed by atoms with Crippen LogP contribution in [0.5, 0.6) is 5.75 Å². The Morgan fingerprint density at radius 3 is 1.60 bits per heavy atom. The molecular formula is C31H35N3O. The Labute approximate surface area is 209 Å². The van der Waals surface area contributed by atoms with Crippen LogP contribution in [0, 0.1) is 0 Å². The van der Waals surface area contributed by atoms with Gasteiger partial charge in [-0.15, -0.1) is 0 Å². The van der Waals surface area contributed by atoms with Crippen molar-refractivity contribution in [2.75, 3.05) is 6.61 Å². The number of hydrogen-bond donors (Lipinski definition) is 0. The molecule has 0 amide bonds. The highest BCUT2D eigenvalue weighted by atomic mass is 16.5. The second kappa shape index (κ2) is 13.4. The molecule has 0 aliphatic rings. The van der Waals surface area contributed by atoms with Gasteiger partial charge in [0.1, 0.15) is 5.75 Å². The number of pyridine rings is 3. The number of nitrogens with zero attached hydrogens (tertiary/aromatic N) is 3. The van der Waals surface area contributed by atoms with Gasteiger partial charge in [0.15, 0.2) is 0 Å². The summed E-state index contributed by atoms with van der Waals surface area (Å²) in [6.07, 6.45) is 17.7. The molecule has 4 rings (SSSR count). The van der Waals surface area contributed by atoms with Crippen molar-refractivity contribution in [3.63, 3.8) is 0 Å². The molecule has 0 atom stereocenters. The van der Waals surface area contributed by atoms with Crippen molar-refractivity contribution in [3.05, 3.63) is 85.5 Å². The molecule has 0 aliphatic heterocycles. The van der Waals surface area contributed by atoms with Gasteiger partial charge in [-0.25, -0.2) is 4.98 Å². The molecule has 3 aromatic heterocycles. The highest BCUT2D eigenvalue weighted by molar-refractivity contribution is 5.76. The first-order chi connectivity index (χ1) is 17.3. The minimum absolute atomic E-state index is 0.780. The Morgan fingerprint density at radius 2 is 1.06 bits per heavy atom. The molecule has 1 aromatic carbocycles. The summed E-state index contributed by atoms with van der Waals surface area (Å²) in [7, 11) is 0. The maximum absolute atomic E-state index is 6.00. The normalized spacial score (nSPS) is 10.9. The van der Waals surface area contributed by atoms with Gasteiger partial charge >= 0.3 is 0 Å². The van der Waals surface area contributed by atoms with E-state index in [1.807, 2.05) is 24.3 Å². The number of hydrogen-bond acceptors (Lipinski definition) is 4. The Balaban J connectivity index is 1.41. The van der Waals surface area contributed by atoms with E-state index in [0.29, 0.717) is 0 Å². The Kier molecular flexibility index (Phi) is 9.40. The van der Waals surface area contributed by atoms with Gasteiger partial charge in [-0.05, 0) is 66.1 Å². The summed E-state index contributed by atoms with van der Waals surface area (Å²) in [6, 6.07) is 20.6. The first-order valence-electron chi connectivity index (χ1n) is 12.9. The van der Waals surface area contributed by atoms with E-state index in [2.05, 4.69) is 53.3 Å². The lowest BCUT2D eigenvalue weighted by molar-refractivity contribution is 0.304. The van der Waals surface area contributed by atoms with Gasteiger partial charge in [-0.3, -0.25) is 9.97 Å². The van der Waals surface area contributed by atoms with Crippen LogP contribution >= 0.6 is 0 Å². The molecule has 0 N–H and O–H groups in total. The molecule has 4 nitrogen and oxygen atoms in total. The lowest BCUT2D eigenvalue weighted by Crippen LogP contribution is -1.97. The minimum Gasteiger partial charge on any atom is -0.494 e. The van der Waals surface area contributed by atoms with Gasteiger partial charge < -0.3 is 4.74 Å². The third-order valence-corrected chi connectivity index (χ3v) is 6.23. The average Bonchev–Trinajstić information content (AvgIpc) is 2.93. The van der Waals surface area contributed by atoms with Crippen LogP contribution in [0.4, 0.5) is 0 Å². The van der Waals surface area contributed by atoms with E-state index in [1.54, 1.807) is 24.8 Å². The van der Waals surface area contributed by atoms with Gasteiger partial charge in [0.05, 0.1) is 18.0 Å². The van der Waals surface area contributed by atoms with E-state index in [-0.39, 0.29) is 0 Å². The third kappa shape index (κ3) is 7.48. The predicted octanol–water partition coefficient (Wildman–Crippen LogP) is 8.39. The number of rotatable bonds is 13. The fraction of sp³-hybridized carbons (Fsp3) is 0.323. The van der Waals surface area contributed by atoms with Crippen LogP contribution in [0.1, 0.15) is 58.3 Å². The molecule has 0 spiro atoms. The van der Waals surface area contributed by atoms with Gasteiger partial charge in [0, 0.05) is 35.9 Å². The highest BCUT2D eigenvalue weighted by Crippen LogP contribution is 2.30. The van der Waals surface area contributed by atoms with E-state index in [4.69, 9.17) is 9.72 Å². The van der Waals surface area contributed by atoms with Crippen LogP contribution in [-0.4, -0.2) is 21.6 Å². The first kappa shape index (κ1) is 24.6. The summed E-state index contributed by atoms with van der Waals surface area (Å²) in [4.78, 5) is 13.2. The van der Waals surface area contributed by atoms with Crippen molar-refractivity contribution in [2.45, 2.75) is 58.3 Å². The van der Waals surface area contributed by atoms with Gasteiger partial charge in [0.25, 0.3) is 0 Å². The fourth-order valence-electron chi connectivity index (χ4n) is 4.21. The maximum atomic E-state index is 6.00. The van der Waals surface area contributed by atoms with Crippen molar-refractivity contribution in [3.8, 4) is 39.4 Å². The first-order valence-corrected chi connectivity index (χ1v) is 12.9. The predicted molar refractivity (Wildman–Crippen MR) is 144 cm³/mol. The quantitative estimate of drug-likeness (QED) is 0.186. The second-order valence-electron chi connectivity index (χ2n) is 8.95. The summed E-state index contributed by atoms with van der Waals surface area (Å²) < 4.78 is 6.00. The molecule has 0 fully saturated rings. The zero-order valence-electron chi connectivity index (χ0n) is 20.7. The molecule has 4 heteroatoms. The van der Waals surface area contributed by atoms with Crippen molar-refractivity contribution in [1.29, 1.82) is 0 Å². The lowest BCUT2D eigenvalue weighted by atomic mass is 10.0. The molecule has 0 bridgehead atoms. The highest BCUT2D eigenvalue weighted by Gasteiger charge is 2.09. The fourth-order valence-corrected chi connectivity index (χ4v) is 4.21. The number of ether oxygens (including phenoxy) is 1. The molecule has 0 saturated carbocycles. The summed E-state index contributed by atoms with van der Waals surface area (Å²) in [5.41, 5.74) is 6.19. The maximum Gasteiger partial charge on any atom is 0.119 e. The van der Waals surface area contributed by atoms with E-state index in [1.165, 1.54) is 44.9 Å². The lowest BCUT2D eigenvalue weighted by Gasteiger charge is -2.11. The molecule has 0 aliphatic carbocycles. The van der Waals surface area contributed by atoms with Crippen LogP contribution in [0.3, 0.4) is 0 Å². The summed E-state index contributed by atoms with van der Waals surface area (Å²) in [5.74, 6) is 0.925. The molecule has 0 unspecified atom stereocenters. The molecule has 0 saturated heterocycles. The van der Waals surface area contributed by atoms with Crippen LogP contribution in [-0.2, 0) is 0 Å². The topological polar surface area (TPSA) is 47.9 Å². The number of benzene rings is 1. The summed E-state index contributed by atoms with van der Waals surface area (Å²) >= 11 is 0. The van der Waals surface area contributed by atoms with Crippen LogP contribution in [0.15, 0.2) is 85.5 Å². The molecule has 4 aromatic rings. The standard InChI is InChI=1S/C31H35N3O/c1-2-3-4-5-6-7-8-9-22-35-29-12-10-25(11-13-29)28-23-30(26-14-18-32-19-15-26)34-31(24-28)27-16-20-33-21-17-27/h10-21,23-24H,2-9,22H2,1H3. The monoisotopic (exact) mass is 465 g/mol. The van der Waals surface area contributed by atoms with Crippen molar-refractivity contribution < 1.29 is 4.74 Å². The summed E-state index contributed by atoms with van der Waals surface area (Å²) in [6.45, 7) is 3.04. The molecule has 180 valence electrons. The van der Waals surface area contributed by atoms with E-state index >= 15 is 0 Å². The van der Waals surface area contributed by atoms with Crippen molar-refractivity contribution in [2.24, 2.45) is 0 Å². The van der Waals surface area contributed by atoms with Crippen molar-refractivity contribution >= 4 is 0 Å². The molecule has 0 radical (unpaired) electrons. The second-order valence-corrected chi connectivity index (χ2v) is 8.95. The molecular weight excluding hydrogens is 430 g/mol.